The summed E-state index contributed by atoms with van der Waals surface area (Å²) in [6.07, 6.45) is 6.77. The monoisotopic (exact) mass is 429 g/mol. The summed E-state index contributed by atoms with van der Waals surface area (Å²) in [5.74, 6) is -4.47. The summed E-state index contributed by atoms with van der Waals surface area (Å²) >= 11 is 1.48. The van der Waals surface area contributed by atoms with Crippen LogP contribution in [0.25, 0.3) is 0 Å². The van der Waals surface area contributed by atoms with Crippen LogP contribution in [0, 0.1) is 0 Å². The Bertz CT molecular complexity index is 983. The van der Waals surface area contributed by atoms with Crippen LogP contribution in [0.15, 0.2) is 17.7 Å². The Morgan fingerprint density at radius 3 is 2.60 bits per heavy atom. The van der Waals surface area contributed by atoms with Crippen molar-refractivity contribution in [2.24, 2.45) is 0 Å². The number of amides is 1. The van der Waals surface area contributed by atoms with E-state index in [1.54, 1.807) is 13.0 Å². The van der Waals surface area contributed by atoms with Crippen molar-refractivity contribution in [3.63, 3.8) is 0 Å². The third-order valence-corrected chi connectivity index (χ3v) is 4.84. The van der Waals surface area contributed by atoms with Crippen molar-refractivity contribution in [3.8, 4) is 34.6 Å². The van der Waals surface area contributed by atoms with Gasteiger partial charge >= 0.3 is 0 Å². The van der Waals surface area contributed by atoms with Gasteiger partial charge in [0.25, 0.3) is 5.91 Å². The topological polar surface area (TPSA) is 145 Å². The van der Waals surface area contributed by atoms with Gasteiger partial charge in [0.05, 0.1) is 0 Å². The number of ether oxygens (including phenoxy) is 1. The number of aromatic nitrogens is 2. The number of nitrogens with zero attached hydrogens (tertiary/aromatic N) is 2. The Balaban J connectivity index is 2.00. The largest absolute Gasteiger partial charge is 0.504 e. The molecular weight excluding hydrogens is 409 g/mol. The Morgan fingerprint density at radius 2 is 1.97 bits per heavy atom. The quantitative estimate of drug-likeness (QED) is 0.253. The Kier molecular flexibility index (Phi) is 6.30. The zero-order chi connectivity index (χ0) is 22.0. The maximum atomic E-state index is 12.7. The molecule has 30 heavy (non-hydrogen) atoms. The fourth-order valence-corrected chi connectivity index (χ4v) is 2.96. The second-order valence-electron chi connectivity index (χ2n) is 6.79. The van der Waals surface area contributed by atoms with Gasteiger partial charge in [-0.2, -0.15) is 4.98 Å². The highest BCUT2D eigenvalue weighted by Gasteiger charge is 2.30. The van der Waals surface area contributed by atoms with E-state index in [-0.39, 0.29) is 23.4 Å². The molecule has 2 aromatic rings. The molecule has 1 aliphatic rings. The van der Waals surface area contributed by atoms with Gasteiger partial charge in [-0.3, -0.25) is 4.79 Å². The van der Waals surface area contributed by atoms with Crippen molar-refractivity contribution < 1.29 is 30.0 Å². The second-order valence-corrected chi connectivity index (χ2v) is 7.53. The van der Waals surface area contributed by atoms with E-state index in [1.165, 1.54) is 18.0 Å². The Labute approximate surface area is 178 Å². The first-order valence-electron chi connectivity index (χ1n) is 9.04. The summed E-state index contributed by atoms with van der Waals surface area (Å²) in [4.78, 5) is 21.2. The first-order chi connectivity index (χ1) is 14.2. The molecule has 1 fully saturated rings. The zero-order valence-corrected chi connectivity index (χ0v) is 17.1. The summed E-state index contributed by atoms with van der Waals surface area (Å²) < 4.78 is 5.51. The Hall–Kier alpha value is -3.08. The van der Waals surface area contributed by atoms with Gasteiger partial charge in [-0.15, -0.1) is 11.8 Å². The van der Waals surface area contributed by atoms with Gasteiger partial charge in [-0.05, 0) is 36.9 Å². The molecule has 1 atom stereocenters. The van der Waals surface area contributed by atoms with Crippen LogP contribution in [-0.2, 0) is 0 Å². The lowest BCUT2D eigenvalue weighted by molar-refractivity contribution is 0.0943. The molecule has 1 unspecified atom stereocenters. The number of benzene rings is 1. The van der Waals surface area contributed by atoms with E-state index < -0.39 is 40.1 Å². The summed E-state index contributed by atoms with van der Waals surface area (Å²) in [6.45, 7) is 1.78. The van der Waals surface area contributed by atoms with Crippen LogP contribution in [0.2, 0.25) is 0 Å². The van der Waals surface area contributed by atoms with Crippen LogP contribution in [0.5, 0.6) is 34.6 Å². The SMILES string of the molecule is [B]c1c(O)c(O)c(O)c(Oc2nc(C3CC3)ncc2C(=O)NC(C)/C=C/SC)c1O. The third kappa shape index (κ3) is 4.40. The molecule has 11 heteroatoms. The van der Waals surface area contributed by atoms with Crippen molar-refractivity contribution in [3.05, 3.63) is 29.1 Å². The van der Waals surface area contributed by atoms with Gasteiger partial charge in [-0.25, -0.2) is 4.98 Å². The smallest absolute Gasteiger partial charge is 0.258 e. The predicted molar refractivity (Wildman–Crippen MR) is 112 cm³/mol. The van der Waals surface area contributed by atoms with Crippen molar-refractivity contribution >= 4 is 31.0 Å². The lowest BCUT2D eigenvalue weighted by Gasteiger charge is -2.16. The minimum Gasteiger partial charge on any atom is -0.504 e. The van der Waals surface area contributed by atoms with E-state index in [9.17, 15) is 25.2 Å². The normalized spacial score (nSPS) is 14.6. The minimum absolute atomic E-state index is 0.0475. The molecule has 1 aliphatic carbocycles. The highest BCUT2D eigenvalue weighted by atomic mass is 32.2. The van der Waals surface area contributed by atoms with Crippen LogP contribution in [0.1, 0.15) is 41.9 Å². The number of aromatic hydroxyl groups is 4. The van der Waals surface area contributed by atoms with E-state index in [0.29, 0.717) is 5.82 Å². The molecule has 0 saturated heterocycles. The number of carbonyl (C=O) groups excluding carboxylic acids is 1. The standard InChI is InChI=1S/C19H20BN3O6S/c1-8(5-6-30-2)22-18(28)10-7-21-17(9-3-4-9)23-19(10)29-16-13(25)11(20)12(24)14(26)15(16)27/h5-9,24-27H,3-4H2,1-2H3,(H,22,28)/b6-5+. The van der Waals surface area contributed by atoms with E-state index in [0.717, 1.165) is 12.8 Å². The van der Waals surface area contributed by atoms with Gasteiger partial charge in [0.2, 0.25) is 23.1 Å². The number of phenolic OH excluding ortho intramolecular Hbond substituents is 4. The number of hydrogen-bond donors (Lipinski definition) is 5. The maximum Gasteiger partial charge on any atom is 0.258 e. The van der Waals surface area contributed by atoms with Crippen LogP contribution in [0.4, 0.5) is 0 Å². The van der Waals surface area contributed by atoms with Crippen molar-refractivity contribution in [2.45, 2.75) is 31.7 Å². The van der Waals surface area contributed by atoms with Gasteiger partial charge in [0.15, 0.2) is 11.5 Å². The van der Waals surface area contributed by atoms with Gasteiger partial charge in [0.1, 0.15) is 19.2 Å². The zero-order valence-electron chi connectivity index (χ0n) is 16.3. The van der Waals surface area contributed by atoms with Crippen LogP contribution >= 0.6 is 11.8 Å². The second kappa shape index (κ2) is 8.74. The summed E-state index contributed by atoms with van der Waals surface area (Å²) in [7, 11) is 5.53. The molecule has 0 spiro atoms. The van der Waals surface area contributed by atoms with Crippen LogP contribution in [-0.4, -0.2) is 56.4 Å². The molecule has 2 radical (unpaired) electrons. The van der Waals surface area contributed by atoms with Crippen molar-refractivity contribution in [1.29, 1.82) is 0 Å². The van der Waals surface area contributed by atoms with Gasteiger partial charge < -0.3 is 30.5 Å². The van der Waals surface area contributed by atoms with Gasteiger partial charge in [0, 0.05) is 18.2 Å². The molecule has 0 bridgehead atoms. The highest BCUT2D eigenvalue weighted by Crippen LogP contribution is 2.48. The molecule has 5 N–H and O–H groups in total. The average Bonchev–Trinajstić information content (AvgIpc) is 3.57. The predicted octanol–water partition coefficient (Wildman–Crippen LogP) is 1.76. The van der Waals surface area contributed by atoms with Crippen molar-refractivity contribution in [2.75, 3.05) is 6.26 Å². The number of rotatable bonds is 7. The molecule has 1 heterocycles. The fourth-order valence-electron chi connectivity index (χ4n) is 2.57. The number of hydrogen-bond acceptors (Lipinski definition) is 9. The fraction of sp³-hybridized carbons (Fsp3) is 0.316. The molecule has 1 amide bonds. The van der Waals surface area contributed by atoms with Crippen LogP contribution < -0.4 is 15.5 Å². The average molecular weight is 429 g/mol. The first-order valence-corrected chi connectivity index (χ1v) is 10.3. The number of carbonyl (C=O) groups is 1. The van der Waals surface area contributed by atoms with Crippen LogP contribution in [0.3, 0.4) is 0 Å². The van der Waals surface area contributed by atoms with Crippen molar-refractivity contribution in [1.82, 2.24) is 15.3 Å². The van der Waals surface area contributed by atoms with E-state index in [4.69, 9.17) is 12.6 Å². The summed E-state index contributed by atoms with van der Waals surface area (Å²) in [5.41, 5.74) is -0.646. The maximum absolute atomic E-state index is 12.7. The molecule has 3 rings (SSSR count). The Morgan fingerprint density at radius 1 is 1.27 bits per heavy atom. The molecule has 156 valence electrons. The van der Waals surface area contributed by atoms with E-state index in [2.05, 4.69) is 15.3 Å². The molecular formula is C19H20BN3O6S. The highest BCUT2D eigenvalue weighted by molar-refractivity contribution is 8.01. The lowest BCUT2D eigenvalue weighted by atomic mass is 9.92. The lowest BCUT2D eigenvalue weighted by Crippen LogP contribution is -2.31. The molecule has 1 aromatic carbocycles. The molecule has 0 aliphatic heterocycles. The number of phenols is 4. The first kappa shape index (κ1) is 21.6. The third-order valence-electron chi connectivity index (χ3n) is 4.41. The van der Waals surface area contributed by atoms with Gasteiger partial charge in [-0.1, -0.05) is 6.08 Å². The van der Waals surface area contributed by atoms with E-state index in [1.807, 2.05) is 11.7 Å². The minimum atomic E-state index is -0.974. The summed E-state index contributed by atoms with van der Waals surface area (Å²) in [6, 6.07) is -0.295. The molecule has 1 saturated carbocycles. The molecule has 1 aromatic heterocycles. The molecule has 9 nitrogen and oxygen atoms in total. The number of nitrogens with one attached hydrogen (secondary N) is 1. The summed E-state index contributed by atoms with van der Waals surface area (Å²) in [5, 5.41) is 44.3. The number of thioether (sulfide) groups is 1. The van der Waals surface area contributed by atoms with E-state index >= 15 is 0 Å².